The number of fused-ring (bicyclic) bond motifs is 2. The molecule has 1 amide bonds. The van der Waals surface area contributed by atoms with Crippen LogP contribution in [0.5, 0.6) is 0 Å². The van der Waals surface area contributed by atoms with Crippen LogP contribution in [0, 0.1) is 6.92 Å². The quantitative estimate of drug-likeness (QED) is 0.734. The lowest BCUT2D eigenvalue weighted by Gasteiger charge is -2.44. The monoisotopic (exact) mass is 407 g/mol. The summed E-state index contributed by atoms with van der Waals surface area (Å²) in [6.45, 7) is 6.73. The summed E-state index contributed by atoms with van der Waals surface area (Å²) < 4.78 is 5.63. The van der Waals surface area contributed by atoms with Crippen molar-refractivity contribution in [1.29, 1.82) is 0 Å². The van der Waals surface area contributed by atoms with E-state index in [9.17, 15) is 9.90 Å². The highest BCUT2D eigenvalue weighted by Gasteiger charge is 2.51. The molecule has 1 N–H and O–H groups in total. The molecular weight excluding hydrogens is 374 g/mol. The molecule has 0 saturated carbocycles. The van der Waals surface area contributed by atoms with E-state index in [4.69, 9.17) is 4.74 Å². The minimum atomic E-state index is -0.869. The predicted molar refractivity (Wildman–Crippen MR) is 118 cm³/mol. The summed E-state index contributed by atoms with van der Waals surface area (Å²) in [6.07, 6.45) is 4.61. The summed E-state index contributed by atoms with van der Waals surface area (Å²) in [7, 11) is 0. The summed E-state index contributed by atoms with van der Waals surface area (Å²) >= 11 is 0. The Morgan fingerprint density at radius 1 is 1.07 bits per heavy atom. The molecule has 0 aromatic heterocycles. The number of hydrogen-bond acceptors (Lipinski definition) is 3. The van der Waals surface area contributed by atoms with Crippen molar-refractivity contribution < 1.29 is 14.6 Å². The highest BCUT2D eigenvalue weighted by atomic mass is 16.6. The van der Waals surface area contributed by atoms with Crippen LogP contribution in [0.15, 0.2) is 42.5 Å². The Kier molecular flexibility index (Phi) is 5.88. The normalized spacial score (nSPS) is 25.4. The van der Waals surface area contributed by atoms with Gasteiger partial charge < -0.3 is 14.7 Å². The maximum atomic E-state index is 12.9. The van der Waals surface area contributed by atoms with Gasteiger partial charge in [0, 0.05) is 24.9 Å². The predicted octanol–water partition coefficient (Wildman–Crippen LogP) is 5.27. The first-order chi connectivity index (χ1) is 14.4. The van der Waals surface area contributed by atoms with Crippen LogP contribution in [0.25, 0.3) is 0 Å². The first-order valence-corrected chi connectivity index (χ1v) is 11.3. The summed E-state index contributed by atoms with van der Waals surface area (Å²) in [5.41, 5.74) is 4.98. The van der Waals surface area contributed by atoms with Gasteiger partial charge in [-0.25, -0.2) is 4.79 Å². The molecule has 30 heavy (non-hydrogen) atoms. The molecule has 4 heteroatoms. The maximum Gasteiger partial charge on any atom is 0.410 e. The molecule has 0 spiro atoms. The number of carbonyl (C=O) groups excluding carboxylic acids is 1. The molecule has 2 bridgehead atoms. The molecule has 2 aromatic rings. The van der Waals surface area contributed by atoms with E-state index in [0.717, 1.165) is 36.8 Å². The zero-order valence-electron chi connectivity index (χ0n) is 18.4. The SMILES string of the molecule is CCc1cc(C)cc(CC)c1C1(O)CC2CCC(C1)N2C(=O)OCc1ccccc1. The number of rotatable bonds is 5. The summed E-state index contributed by atoms with van der Waals surface area (Å²) in [6, 6.07) is 14.3. The molecule has 0 aliphatic carbocycles. The molecule has 2 unspecified atom stereocenters. The Labute approximate surface area is 179 Å². The Bertz CT molecular complexity index is 869. The smallest absolute Gasteiger partial charge is 0.410 e. The minimum absolute atomic E-state index is 0.0349. The van der Waals surface area contributed by atoms with E-state index >= 15 is 0 Å². The largest absolute Gasteiger partial charge is 0.445 e. The van der Waals surface area contributed by atoms with Gasteiger partial charge in [-0.1, -0.05) is 61.9 Å². The van der Waals surface area contributed by atoms with Crippen LogP contribution in [0.1, 0.15) is 67.3 Å². The van der Waals surface area contributed by atoms with Gasteiger partial charge >= 0.3 is 6.09 Å². The fourth-order valence-electron chi connectivity index (χ4n) is 5.62. The van der Waals surface area contributed by atoms with Crippen molar-refractivity contribution in [2.45, 2.75) is 83.6 Å². The van der Waals surface area contributed by atoms with Crippen LogP contribution in [0.3, 0.4) is 0 Å². The standard InChI is InChI=1S/C26H33NO3/c1-4-20-13-18(3)14-21(5-2)24(20)26(29)15-22-11-12-23(16-26)27(22)25(28)30-17-19-9-7-6-8-10-19/h6-10,13-14,22-23,29H,4-5,11-12,15-17H2,1-3H3. The second-order valence-electron chi connectivity index (χ2n) is 8.94. The topological polar surface area (TPSA) is 49.8 Å². The number of hydrogen-bond donors (Lipinski definition) is 1. The lowest BCUT2D eigenvalue weighted by Crippen LogP contribution is -2.52. The van der Waals surface area contributed by atoms with Gasteiger partial charge in [-0.2, -0.15) is 0 Å². The van der Waals surface area contributed by atoms with Crippen molar-refractivity contribution in [3.05, 3.63) is 70.3 Å². The van der Waals surface area contributed by atoms with Gasteiger partial charge in [0.15, 0.2) is 0 Å². The molecule has 2 aromatic carbocycles. The van der Waals surface area contributed by atoms with E-state index in [-0.39, 0.29) is 24.8 Å². The third-order valence-electron chi connectivity index (χ3n) is 6.86. The van der Waals surface area contributed by atoms with Gasteiger partial charge in [-0.3, -0.25) is 0 Å². The summed E-state index contributed by atoms with van der Waals surface area (Å²) in [5, 5.41) is 11.9. The third-order valence-corrected chi connectivity index (χ3v) is 6.86. The molecule has 0 radical (unpaired) electrons. The lowest BCUT2D eigenvalue weighted by molar-refractivity contribution is -0.0546. The fraction of sp³-hybridized carbons (Fsp3) is 0.500. The minimum Gasteiger partial charge on any atom is -0.445 e. The van der Waals surface area contributed by atoms with Gasteiger partial charge in [0.05, 0.1) is 5.60 Å². The Hall–Kier alpha value is -2.33. The van der Waals surface area contributed by atoms with E-state index in [1.54, 1.807) is 0 Å². The third kappa shape index (κ3) is 3.85. The van der Waals surface area contributed by atoms with E-state index in [1.807, 2.05) is 35.2 Å². The van der Waals surface area contributed by atoms with Gasteiger partial charge in [0.25, 0.3) is 0 Å². The fourth-order valence-corrected chi connectivity index (χ4v) is 5.62. The Morgan fingerprint density at radius 3 is 2.17 bits per heavy atom. The molecule has 4 nitrogen and oxygen atoms in total. The van der Waals surface area contributed by atoms with Gasteiger partial charge in [0.2, 0.25) is 0 Å². The van der Waals surface area contributed by atoms with Crippen LogP contribution in [0.4, 0.5) is 4.79 Å². The Morgan fingerprint density at radius 2 is 1.63 bits per heavy atom. The number of carbonyl (C=O) groups is 1. The Balaban J connectivity index is 1.54. The van der Waals surface area contributed by atoms with E-state index in [1.165, 1.54) is 16.7 Å². The average molecular weight is 408 g/mol. The maximum absolute atomic E-state index is 12.9. The van der Waals surface area contributed by atoms with Crippen molar-refractivity contribution >= 4 is 6.09 Å². The number of nitrogens with zero attached hydrogens (tertiary/aromatic N) is 1. The van der Waals surface area contributed by atoms with Crippen LogP contribution < -0.4 is 0 Å². The van der Waals surface area contributed by atoms with Gasteiger partial charge in [-0.05, 0) is 54.9 Å². The second kappa shape index (κ2) is 8.43. The van der Waals surface area contributed by atoms with Crippen molar-refractivity contribution in [2.24, 2.45) is 0 Å². The number of aryl methyl sites for hydroxylation is 3. The van der Waals surface area contributed by atoms with Crippen LogP contribution >= 0.6 is 0 Å². The molecule has 2 saturated heterocycles. The van der Waals surface area contributed by atoms with E-state index in [2.05, 4.69) is 32.9 Å². The number of amides is 1. The molecule has 2 aliphatic heterocycles. The zero-order chi connectivity index (χ0) is 21.3. The molecule has 2 atom stereocenters. The lowest BCUT2D eigenvalue weighted by atomic mass is 9.75. The first-order valence-electron chi connectivity index (χ1n) is 11.3. The number of ether oxygens (including phenoxy) is 1. The van der Waals surface area contributed by atoms with Crippen molar-refractivity contribution in [3.63, 3.8) is 0 Å². The average Bonchev–Trinajstić information content (AvgIpc) is 3.03. The van der Waals surface area contributed by atoms with Crippen LogP contribution in [-0.2, 0) is 29.8 Å². The van der Waals surface area contributed by atoms with Crippen molar-refractivity contribution in [2.75, 3.05) is 0 Å². The summed E-state index contributed by atoms with van der Waals surface area (Å²) in [4.78, 5) is 14.8. The summed E-state index contributed by atoms with van der Waals surface area (Å²) in [5.74, 6) is 0. The number of benzene rings is 2. The number of aliphatic hydroxyl groups is 1. The van der Waals surface area contributed by atoms with E-state index in [0.29, 0.717) is 12.8 Å². The number of piperidine rings is 1. The highest BCUT2D eigenvalue weighted by Crippen LogP contribution is 2.48. The molecule has 2 heterocycles. The van der Waals surface area contributed by atoms with Gasteiger partial charge in [-0.15, -0.1) is 0 Å². The van der Waals surface area contributed by atoms with Gasteiger partial charge in [0.1, 0.15) is 6.61 Å². The van der Waals surface area contributed by atoms with Crippen LogP contribution in [-0.4, -0.2) is 28.2 Å². The van der Waals surface area contributed by atoms with E-state index < -0.39 is 5.60 Å². The first kappa shape index (κ1) is 20.9. The second-order valence-corrected chi connectivity index (χ2v) is 8.94. The molecule has 4 rings (SSSR count). The molecule has 160 valence electrons. The molecule has 2 fully saturated rings. The van der Waals surface area contributed by atoms with Crippen molar-refractivity contribution in [1.82, 2.24) is 4.90 Å². The highest BCUT2D eigenvalue weighted by molar-refractivity contribution is 5.69. The van der Waals surface area contributed by atoms with Crippen molar-refractivity contribution in [3.8, 4) is 0 Å². The zero-order valence-corrected chi connectivity index (χ0v) is 18.4. The molecule has 2 aliphatic rings. The molecular formula is C26H33NO3. The van der Waals surface area contributed by atoms with Crippen LogP contribution in [0.2, 0.25) is 0 Å².